The molecule has 2 rings (SSSR count). The zero-order chi connectivity index (χ0) is 11.4. The molecule has 0 amide bonds. The number of rotatable bonds is 3. The van der Waals surface area contributed by atoms with Gasteiger partial charge in [0.25, 0.3) is 0 Å². The standard InChI is InChI=1S/C12H11FN2O/c13-11-6-10(3-4-12(11)16)15-8-9-2-1-5-14-7-9/h1-7,15-16H,8H2. The molecular weight excluding hydrogens is 207 g/mol. The van der Waals surface area contributed by atoms with Crippen LogP contribution in [0.25, 0.3) is 0 Å². The number of phenolic OH excluding ortho intramolecular Hbond substituents is 1. The molecule has 82 valence electrons. The number of hydrogen-bond donors (Lipinski definition) is 2. The first-order chi connectivity index (χ1) is 7.75. The minimum atomic E-state index is -0.629. The van der Waals surface area contributed by atoms with E-state index in [0.717, 1.165) is 5.56 Å². The zero-order valence-corrected chi connectivity index (χ0v) is 8.52. The summed E-state index contributed by atoms with van der Waals surface area (Å²) in [7, 11) is 0. The number of phenols is 1. The van der Waals surface area contributed by atoms with Crippen molar-refractivity contribution < 1.29 is 9.50 Å². The third-order valence-electron chi connectivity index (χ3n) is 2.17. The molecule has 0 aliphatic heterocycles. The van der Waals surface area contributed by atoms with E-state index in [0.29, 0.717) is 12.2 Å². The lowest BCUT2D eigenvalue weighted by Gasteiger charge is -2.06. The Kier molecular flexibility index (Phi) is 3.00. The van der Waals surface area contributed by atoms with E-state index in [1.54, 1.807) is 18.5 Å². The van der Waals surface area contributed by atoms with Crippen molar-refractivity contribution in [1.29, 1.82) is 0 Å². The Bertz CT molecular complexity index is 474. The predicted octanol–water partition coefficient (Wildman–Crippen LogP) is 2.54. The average molecular weight is 218 g/mol. The molecule has 2 N–H and O–H groups in total. The number of aromatic hydroxyl groups is 1. The summed E-state index contributed by atoms with van der Waals surface area (Å²) in [6.45, 7) is 0.568. The molecule has 0 radical (unpaired) electrons. The molecule has 0 atom stereocenters. The lowest BCUT2D eigenvalue weighted by Crippen LogP contribution is -1.99. The second-order valence-electron chi connectivity index (χ2n) is 3.38. The normalized spacial score (nSPS) is 10.1. The number of anilines is 1. The van der Waals surface area contributed by atoms with E-state index in [1.807, 2.05) is 12.1 Å². The number of nitrogens with zero attached hydrogens (tertiary/aromatic N) is 1. The van der Waals surface area contributed by atoms with Crippen molar-refractivity contribution in [3.05, 3.63) is 54.1 Å². The highest BCUT2D eigenvalue weighted by Gasteiger charge is 2.00. The summed E-state index contributed by atoms with van der Waals surface area (Å²) in [6, 6.07) is 7.96. The van der Waals surface area contributed by atoms with Crippen molar-refractivity contribution in [2.75, 3.05) is 5.32 Å². The maximum atomic E-state index is 13.0. The Balaban J connectivity index is 2.03. The molecule has 0 saturated carbocycles. The Morgan fingerprint density at radius 1 is 1.31 bits per heavy atom. The third kappa shape index (κ3) is 2.48. The first-order valence-corrected chi connectivity index (χ1v) is 4.87. The van der Waals surface area contributed by atoms with Crippen LogP contribution in [-0.2, 0) is 6.54 Å². The quantitative estimate of drug-likeness (QED) is 0.778. The summed E-state index contributed by atoms with van der Waals surface area (Å²) < 4.78 is 13.0. The van der Waals surface area contributed by atoms with E-state index >= 15 is 0 Å². The highest BCUT2D eigenvalue weighted by atomic mass is 19.1. The van der Waals surface area contributed by atoms with Crippen LogP contribution in [0.1, 0.15) is 5.56 Å². The molecule has 0 aliphatic rings. The third-order valence-corrected chi connectivity index (χ3v) is 2.17. The van der Waals surface area contributed by atoms with E-state index in [4.69, 9.17) is 5.11 Å². The summed E-state index contributed by atoms with van der Waals surface area (Å²) in [5, 5.41) is 12.1. The van der Waals surface area contributed by atoms with Gasteiger partial charge in [-0.3, -0.25) is 4.98 Å². The molecule has 0 fully saturated rings. The molecule has 1 heterocycles. The number of nitrogens with one attached hydrogen (secondary N) is 1. The van der Waals surface area contributed by atoms with Gasteiger partial charge in [-0.25, -0.2) is 4.39 Å². The minimum Gasteiger partial charge on any atom is -0.505 e. The largest absolute Gasteiger partial charge is 0.505 e. The minimum absolute atomic E-state index is 0.341. The van der Waals surface area contributed by atoms with Crippen LogP contribution in [0.5, 0.6) is 5.75 Å². The lowest BCUT2D eigenvalue weighted by molar-refractivity contribution is 0.432. The SMILES string of the molecule is Oc1ccc(NCc2cccnc2)cc1F. The monoisotopic (exact) mass is 218 g/mol. The van der Waals surface area contributed by atoms with Crippen molar-refractivity contribution in [2.24, 2.45) is 0 Å². The fraction of sp³-hybridized carbons (Fsp3) is 0.0833. The fourth-order valence-corrected chi connectivity index (χ4v) is 1.32. The topological polar surface area (TPSA) is 45.1 Å². The van der Waals surface area contributed by atoms with Crippen LogP contribution in [0.3, 0.4) is 0 Å². The Labute approximate surface area is 92.6 Å². The highest BCUT2D eigenvalue weighted by molar-refractivity contribution is 5.47. The number of benzene rings is 1. The molecule has 4 heteroatoms. The van der Waals surface area contributed by atoms with E-state index in [9.17, 15) is 4.39 Å². The van der Waals surface area contributed by atoms with E-state index < -0.39 is 5.82 Å². The van der Waals surface area contributed by atoms with E-state index in [-0.39, 0.29) is 5.75 Å². The van der Waals surface area contributed by atoms with Crippen LogP contribution in [0.2, 0.25) is 0 Å². The molecule has 0 spiro atoms. The van der Waals surface area contributed by atoms with Gasteiger partial charge in [0.2, 0.25) is 0 Å². The van der Waals surface area contributed by atoms with Crippen molar-refractivity contribution >= 4 is 5.69 Å². The fourth-order valence-electron chi connectivity index (χ4n) is 1.32. The van der Waals surface area contributed by atoms with Gasteiger partial charge in [0.05, 0.1) is 0 Å². The van der Waals surface area contributed by atoms with E-state index in [2.05, 4.69) is 10.3 Å². The molecule has 1 aromatic heterocycles. The molecule has 16 heavy (non-hydrogen) atoms. The van der Waals surface area contributed by atoms with E-state index in [1.165, 1.54) is 12.1 Å². The van der Waals surface area contributed by atoms with Crippen LogP contribution < -0.4 is 5.32 Å². The highest BCUT2D eigenvalue weighted by Crippen LogP contribution is 2.19. The second kappa shape index (κ2) is 4.61. The molecule has 0 bridgehead atoms. The molecule has 1 aromatic carbocycles. The summed E-state index contributed by atoms with van der Waals surface area (Å²) in [6.07, 6.45) is 3.44. The van der Waals surface area contributed by atoms with Crippen LogP contribution in [0, 0.1) is 5.82 Å². The number of aromatic nitrogens is 1. The molecule has 2 aromatic rings. The molecule has 3 nitrogen and oxygen atoms in total. The Morgan fingerprint density at radius 3 is 2.88 bits per heavy atom. The first-order valence-electron chi connectivity index (χ1n) is 4.87. The summed E-state index contributed by atoms with van der Waals surface area (Å²) in [4.78, 5) is 3.97. The van der Waals surface area contributed by atoms with Crippen LogP contribution >= 0.6 is 0 Å². The van der Waals surface area contributed by atoms with Gasteiger partial charge in [0.15, 0.2) is 11.6 Å². The number of pyridine rings is 1. The van der Waals surface area contributed by atoms with Gasteiger partial charge in [-0.15, -0.1) is 0 Å². The van der Waals surface area contributed by atoms with Crippen LogP contribution in [0.15, 0.2) is 42.7 Å². The second-order valence-corrected chi connectivity index (χ2v) is 3.38. The Morgan fingerprint density at radius 2 is 2.19 bits per heavy atom. The van der Waals surface area contributed by atoms with Crippen molar-refractivity contribution in [1.82, 2.24) is 4.98 Å². The summed E-state index contributed by atoms with van der Waals surface area (Å²) >= 11 is 0. The van der Waals surface area contributed by atoms with Gasteiger partial charge in [0.1, 0.15) is 0 Å². The van der Waals surface area contributed by atoms with Crippen molar-refractivity contribution in [3.63, 3.8) is 0 Å². The number of hydrogen-bond acceptors (Lipinski definition) is 3. The van der Waals surface area contributed by atoms with Gasteiger partial charge in [-0.2, -0.15) is 0 Å². The Hall–Kier alpha value is -2.10. The maximum Gasteiger partial charge on any atom is 0.166 e. The summed E-state index contributed by atoms with van der Waals surface area (Å²) in [5.41, 5.74) is 1.63. The van der Waals surface area contributed by atoms with Crippen molar-refractivity contribution in [3.8, 4) is 5.75 Å². The van der Waals surface area contributed by atoms with Gasteiger partial charge in [-0.1, -0.05) is 6.07 Å². The molecule has 0 aliphatic carbocycles. The van der Waals surface area contributed by atoms with Gasteiger partial charge in [-0.05, 0) is 23.8 Å². The summed E-state index contributed by atoms with van der Waals surface area (Å²) in [5.74, 6) is -0.969. The van der Waals surface area contributed by atoms with Gasteiger partial charge >= 0.3 is 0 Å². The van der Waals surface area contributed by atoms with Crippen LogP contribution in [0.4, 0.5) is 10.1 Å². The van der Waals surface area contributed by atoms with Gasteiger partial charge in [0, 0.05) is 30.7 Å². The zero-order valence-electron chi connectivity index (χ0n) is 8.52. The van der Waals surface area contributed by atoms with Crippen LogP contribution in [-0.4, -0.2) is 10.1 Å². The lowest BCUT2D eigenvalue weighted by atomic mass is 10.2. The molecular formula is C12H11FN2O. The smallest absolute Gasteiger partial charge is 0.166 e. The van der Waals surface area contributed by atoms with Gasteiger partial charge < -0.3 is 10.4 Å². The average Bonchev–Trinajstić information content (AvgIpc) is 2.32. The molecule has 0 unspecified atom stereocenters. The predicted molar refractivity (Wildman–Crippen MR) is 59.6 cm³/mol. The maximum absolute atomic E-state index is 13.0. The first kappa shape index (κ1) is 10.4. The van der Waals surface area contributed by atoms with Crippen molar-refractivity contribution in [2.45, 2.75) is 6.54 Å². The molecule has 0 saturated heterocycles. The number of halogens is 1.